The van der Waals surface area contributed by atoms with Crippen LogP contribution in [0.25, 0.3) is 0 Å². The fourth-order valence-electron chi connectivity index (χ4n) is 1.86. The van der Waals surface area contributed by atoms with Gasteiger partial charge in [0.2, 0.25) is 0 Å². The first-order chi connectivity index (χ1) is 11.1. The van der Waals surface area contributed by atoms with Gasteiger partial charge in [-0.05, 0) is 25.1 Å². The maximum atomic E-state index is 11.8. The van der Waals surface area contributed by atoms with Gasteiger partial charge in [0.15, 0.2) is 17.6 Å². The Morgan fingerprint density at radius 3 is 2.87 bits per heavy atom. The normalized spacial score (nSPS) is 13.8. The van der Waals surface area contributed by atoms with Crippen molar-refractivity contribution in [2.24, 2.45) is 0 Å². The van der Waals surface area contributed by atoms with Gasteiger partial charge < -0.3 is 19.5 Å². The molecule has 1 aromatic carbocycles. The number of hydrogen-bond acceptors (Lipinski definition) is 6. The molecule has 1 aromatic rings. The molecule has 0 unspecified atom stereocenters. The first-order valence-corrected chi connectivity index (χ1v) is 8.19. The topological polar surface area (TPSA) is 73.9 Å². The Kier molecular flexibility index (Phi) is 6.34. The summed E-state index contributed by atoms with van der Waals surface area (Å²) in [7, 11) is 0. The predicted octanol–water partition coefficient (Wildman–Crippen LogP) is 1.78. The average molecular weight is 337 g/mol. The molecule has 0 spiro atoms. The zero-order valence-corrected chi connectivity index (χ0v) is 13.7. The number of ether oxygens (including phenoxy) is 3. The van der Waals surface area contributed by atoms with E-state index in [0.29, 0.717) is 31.3 Å². The molecule has 1 aliphatic rings. The summed E-state index contributed by atoms with van der Waals surface area (Å²) in [6.07, 6.45) is 0.729. The molecule has 0 aromatic heterocycles. The summed E-state index contributed by atoms with van der Waals surface area (Å²) in [5.74, 6) is 0.690. The minimum absolute atomic E-state index is 0.110. The van der Waals surface area contributed by atoms with Crippen LogP contribution < -0.4 is 14.8 Å². The van der Waals surface area contributed by atoms with Crippen molar-refractivity contribution in [3.05, 3.63) is 30.9 Å². The van der Waals surface area contributed by atoms with Crippen LogP contribution in [0.5, 0.6) is 11.5 Å². The van der Waals surface area contributed by atoms with Crippen LogP contribution in [0, 0.1) is 0 Å². The Bertz CT molecular complexity index is 590. The van der Waals surface area contributed by atoms with Crippen LogP contribution in [0.2, 0.25) is 0 Å². The van der Waals surface area contributed by atoms with Gasteiger partial charge in [-0.3, -0.25) is 9.59 Å². The zero-order valence-electron chi connectivity index (χ0n) is 12.9. The molecule has 0 fully saturated rings. The number of carbonyl (C=O) groups excluding carboxylic acids is 2. The fourth-order valence-corrected chi connectivity index (χ4v) is 2.56. The molecule has 0 saturated carbocycles. The lowest BCUT2D eigenvalue weighted by atomic mass is 10.3. The monoisotopic (exact) mass is 337 g/mol. The van der Waals surface area contributed by atoms with Crippen LogP contribution in [0.1, 0.15) is 6.92 Å². The molecule has 0 radical (unpaired) electrons. The number of amides is 1. The van der Waals surface area contributed by atoms with Crippen molar-refractivity contribution in [3.63, 3.8) is 0 Å². The third-order valence-corrected chi connectivity index (χ3v) is 3.94. The number of esters is 1. The first kappa shape index (κ1) is 17.2. The van der Waals surface area contributed by atoms with E-state index in [-0.39, 0.29) is 11.7 Å². The summed E-state index contributed by atoms with van der Waals surface area (Å²) in [5.41, 5.74) is 0. The van der Waals surface area contributed by atoms with Crippen LogP contribution >= 0.6 is 11.8 Å². The van der Waals surface area contributed by atoms with Gasteiger partial charge >= 0.3 is 5.97 Å². The molecule has 1 heterocycles. The Morgan fingerprint density at radius 2 is 2.13 bits per heavy atom. The summed E-state index contributed by atoms with van der Waals surface area (Å²) in [6.45, 7) is 6.43. The Hall–Kier alpha value is -2.15. The van der Waals surface area contributed by atoms with Gasteiger partial charge in [-0.2, -0.15) is 0 Å². The van der Waals surface area contributed by atoms with E-state index in [0.717, 1.165) is 4.90 Å². The number of carbonyl (C=O) groups is 2. The van der Waals surface area contributed by atoms with Crippen molar-refractivity contribution in [3.8, 4) is 11.5 Å². The number of hydrogen-bond donors (Lipinski definition) is 1. The van der Waals surface area contributed by atoms with Gasteiger partial charge in [0, 0.05) is 11.4 Å². The predicted molar refractivity (Wildman–Crippen MR) is 86.9 cm³/mol. The van der Waals surface area contributed by atoms with E-state index in [2.05, 4.69) is 11.9 Å². The van der Waals surface area contributed by atoms with E-state index in [4.69, 9.17) is 14.2 Å². The van der Waals surface area contributed by atoms with Gasteiger partial charge in [-0.15, -0.1) is 18.3 Å². The van der Waals surface area contributed by atoms with Crippen LogP contribution in [0.4, 0.5) is 0 Å². The molecular formula is C16H19NO5S. The van der Waals surface area contributed by atoms with Gasteiger partial charge in [0.1, 0.15) is 13.2 Å². The Labute approximate surface area is 139 Å². The van der Waals surface area contributed by atoms with Crippen LogP contribution in [0.3, 0.4) is 0 Å². The van der Waals surface area contributed by atoms with Gasteiger partial charge in [-0.1, -0.05) is 6.08 Å². The second kappa shape index (κ2) is 8.47. The largest absolute Gasteiger partial charge is 0.486 e. The lowest BCUT2D eigenvalue weighted by molar-refractivity contribution is -0.152. The number of nitrogens with one attached hydrogen (secondary N) is 1. The maximum Gasteiger partial charge on any atom is 0.317 e. The first-order valence-electron chi connectivity index (χ1n) is 7.20. The fraction of sp³-hybridized carbons (Fsp3) is 0.375. The molecule has 1 aliphatic heterocycles. The number of fused-ring (bicyclic) bond motifs is 1. The smallest absolute Gasteiger partial charge is 0.317 e. The highest BCUT2D eigenvalue weighted by molar-refractivity contribution is 8.00. The van der Waals surface area contributed by atoms with Gasteiger partial charge in [-0.25, -0.2) is 0 Å². The Balaban J connectivity index is 1.80. The van der Waals surface area contributed by atoms with E-state index >= 15 is 0 Å². The second-order valence-electron chi connectivity index (χ2n) is 4.76. The highest BCUT2D eigenvalue weighted by atomic mass is 32.2. The van der Waals surface area contributed by atoms with Crippen molar-refractivity contribution in [1.82, 2.24) is 5.32 Å². The van der Waals surface area contributed by atoms with E-state index < -0.39 is 12.1 Å². The molecule has 0 saturated heterocycles. The minimum Gasteiger partial charge on any atom is -0.486 e. The van der Waals surface area contributed by atoms with E-state index in [9.17, 15) is 9.59 Å². The maximum absolute atomic E-state index is 11.8. The molecule has 6 nitrogen and oxygen atoms in total. The Morgan fingerprint density at radius 1 is 1.39 bits per heavy atom. The van der Waals surface area contributed by atoms with Crippen molar-refractivity contribution in [1.29, 1.82) is 0 Å². The molecule has 23 heavy (non-hydrogen) atoms. The molecule has 0 aliphatic carbocycles. The standard InChI is InChI=1S/C16H19NO5S/c1-3-6-17-16(19)11(2)22-15(18)10-23-12-4-5-13-14(9-12)21-8-7-20-13/h3-5,9,11H,1,6-8,10H2,2H3,(H,17,19)/t11-/m1/s1. The lowest BCUT2D eigenvalue weighted by Crippen LogP contribution is -2.36. The summed E-state index contributed by atoms with van der Waals surface area (Å²) >= 11 is 1.31. The third kappa shape index (κ3) is 5.21. The van der Waals surface area contributed by atoms with Crippen molar-refractivity contribution >= 4 is 23.6 Å². The van der Waals surface area contributed by atoms with Crippen molar-refractivity contribution < 1.29 is 23.8 Å². The highest BCUT2D eigenvalue weighted by Crippen LogP contribution is 2.34. The SMILES string of the molecule is C=CCNC(=O)[C@@H](C)OC(=O)CSc1ccc2c(c1)OCCO2. The number of rotatable bonds is 7. The van der Waals surface area contributed by atoms with Crippen molar-refractivity contribution in [2.45, 2.75) is 17.9 Å². The summed E-state index contributed by atoms with van der Waals surface area (Å²) in [4.78, 5) is 24.3. The average Bonchev–Trinajstić information content (AvgIpc) is 2.57. The molecule has 0 bridgehead atoms. The lowest BCUT2D eigenvalue weighted by Gasteiger charge is -2.18. The summed E-state index contributed by atoms with van der Waals surface area (Å²) < 4.78 is 16.0. The molecular weight excluding hydrogens is 318 g/mol. The molecule has 7 heteroatoms. The molecule has 1 atom stereocenters. The minimum atomic E-state index is -0.830. The van der Waals surface area contributed by atoms with Gasteiger partial charge in [0.05, 0.1) is 5.75 Å². The molecule has 1 amide bonds. The molecule has 124 valence electrons. The number of benzene rings is 1. The van der Waals surface area contributed by atoms with Crippen LogP contribution in [0.15, 0.2) is 35.7 Å². The molecule has 2 rings (SSSR count). The van der Waals surface area contributed by atoms with E-state index in [1.165, 1.54) is 18.7 Å². The van der Waals surface area contributed by atoms with Crippen LogP contribution in [-0.2, 0) is 14.3 Å². The van der Waals surface area contributed by atoms with E-state index in [1.807, 2.05) is 18.2 Å². The van der Waals surface area contributed by atoms with Crippen molar-refractivity contribution in [2.75, 3.05) is 25.5 Å². The van der Waals surface area contributed by atoms with E-state index in [1.54, 1.807) is 6.08 Å². The quantitative estimate of drug-likeness (QED) is 0.464. The highest BCUT2D eigenvalue weighted by Gasteiger charge is 2.18. The zero-order chi connectivity index (χ0) is 16.7. The number of thioether (sulfide) groups is 1. The second-order valence-corrected chi connectivity index (χ2v) is 5.81. The summed E-state index contributed by atoms with van der Waals surface area (Å²) in [5, 5.41) is 2.57. The molecule has 1 N–H and O–H groups in total. The third-order valence-electron chi connectivity index (χ3n) is 2.97. The van der Waals surface area contributed by atoms with Gasteiger partial charge in [0.25, 0.3) is 5.91 Å². The van der Waals surface area contributed by atoms with Crippen LogP contribution in [-0.4, -0.2) is 43.5 Å². The summed E-state index contributed by atoms with van der Waals surface area (Å²) in [6, 6.07) is 5.49.